The molecule has 0 bridgehead atoms. The van der Waals surface area contributed by atoms with Crippen LogP contribution in [-0.4, -0.2) is 16.0 Å². The zero-order valence-corrected chi connectivity index (χ0v) is 9.19. The fourth-order valence-electron chi connectivity index (χ4n) is 1.14. The standard InChI is InChI=1S/C8H9Cl2N3O/c1-3-5(8(11)13-14)7(10)12-4(2)6(3)9/h14H,1-2H3,(H2,11,13). The second kappa shape index (κ2) is 4.02. The lowest BCUT2D eigenvalue weighted by atomic mass is 10.1. The van der Waals surface area contributed by atoms with E-state index < -0.39 is 0 Å². The first kappa shape index (κ1) is 11.1. The van der Waals surface area contributed by atoms with Gasteiger partial charge in [-0.1, -0.05) is 28.4 Å². The second-order valence-corrected chi connectivity index (χ2v) is 3.52. The molecule has 0 aliphatic carbocycles. The molecule has 0 fully saturated rings. The van der Waals surface area contributed by atoms with Gasteiger partial charge in [-0.25, -0.2) is 4.98 Å². The Hall–Kier alpha value is -1.00. The van der Waals surface area contributed by atoms with E-state index in [0.717, 1.165) is 0 Å². The highest BCUT2D eigenvalue weighted by Crippen LogP contribution is 2.26. The van der Waals surface area contributed by atoms with Gasteiger partial charge in [-0.2, -0.15) is 0 Å². The van der Waals surface area contributed by atoms with Gasteiger partial charge in [0.15, 0.2) is 5.84 Å². The summed E-state index contributed by atoms with van der Waals surface area (Å²) < 4.78 is 0. The number of nitrogens with zero attached hydrogens (tertiary/aromatic N) is 2. The van der Waals surface area contributed by atoms with Crippen molar-refractivity contribution in [2.75, 3.05) is 0 Å². The van der Waals surface area contributed by atoms with Gasteiger partial charge in [-0.15, -0.1) is 0 Å². The summed E-state index contributed by atoms with van der Waals surface area (Å²) in [5.41, 5.74) is 7.06. The van der Waals surface area contributed by atoms with E-state index in [1.54, 1.807) is 13.8 Å². The van der Waals surface area contributed by atoms with Gasteiger partial charge in [0.05, 0.1) is 16.3 Å². The zero-order chi connectivity index (χ0) is 10.9. The summed E-state index contributed by atoms with van der Waals surface area (Å²) in [6, 6.07) is 0. The number of hydrogen-bond acceptors (Lipinski definition) is 3. The molecule has 0 radical (unpaired) electrons. The van der Waals surface area contributed by atoms with Crippen LogP contribution in [0.15, 0.2) is 5.16 Å². The lowest BCUT2D eigenvalue weighted by molar-refractivity contribution is 0.318. The third kappa shape index (κ3) is 1.76. The largest absolute Gasteiger partial charge is 0.409 e. The molecule has 14 heavy (non-hydrogen) atoms. The van der Waals surface area contributed by atoms with Crippen molar-refractivity contribution in [3.05, 3.63) is 27.0 Å². The summed E-state index contributed by atoms with van der Waals surface area (Å²) >= 11 is 11.8. The van der Waals surface area contributed by atoms with E-state index >= 15 is 0 Å². The highest BCUT2D eigenvalue weighted by atomic mass is 35.5. The summed E-state index contributed by atoms with van der Waals surface area (Å²) in [4.78, 5) is 3.96. The number of pyridine rings is 1. The van der Waals surface area contributed by atoms with Crippen LogP contribution in [0.5, 0.6) is 0 Å². The van der Waals surface area contributed by atoms with Gasteiger partial charge < -0.3 is 10.9 Å². The summed E-state index contributed by atoms with van der Waals surface area (Å²) in [6.07, 6.45) is 0. The first-order valence-corrected chi connectivity index (χ1v) is 4.54. The first-order chi connectivity index (χ1) is 6.49. The number of nitrogens with two attached hydrogens (primary N) is 1. The molecule has 1 aromatic heterocycles. The van der Waals surface area contributed by atoms with Crippen LogP contribution in [0.3, 0.4) is 0 Å². The van der Waals surface area contributed by atoms with E-state index in [0.29, 0.717) is 21.8 Å². The number of aromatic nitrogens is 1. The van der Waals surface area contributed by atoms with Crippen LogP contribution in [0.2, 0.25) is 10.2 Å². The van der Waals surface area contributed by atoms with Crippen molar-refractivity contribution >= 4 is 29.0 Å². The average molecular weight is 234 g/mol. The van der Waals surface area contributed by atoms with Gasteiger partial charge >= 0.3 is 0 Å². The molecule has 1 heterocycles. The number of hydrogen-bond donors (Lipinski definition) is 2. The molecule has 6 heteroatoms. The van der Waals surface area contributed by atoms with Crippen LogP contribution >= 0.6 is 23.2 Å². The van der Waals surface area contributed by atoms with Crippen molar-refractivity contribution in [3.8, 4) is 0 Å². The zero-order valence-electron chi connectivity index (χ0n) is 7.67. The molecule has 0 unspecified atom stereocenters. The Morgan fingerprint density at radius 1 is 1.43 bits per heavy atom. The third-order valence-electron chi connectivity index (χ3n) is 1.86. The normalized spacial score (nSPS) is 11.9. The van der Waals surface area contributed by atoms with Crippen molar-refractivity contribution in [2.24, 2.45) is 10.9 Å². The molecule has 1 rings (SSSR count). The van der Waals surface area contributed by atoms with E-state index in [4.69, 9.17) is 34.1 Å². The molecule has 0 saturated carbocycles. The minimum absolute atomic E-state index is 0.0955. The lowest BCUT2D eigenvalue weighted by Crippen LogP contribution is -2.16. The number of rotatable bonds is 1. The maximum absolute atomic E-state index is 8.53. The summed E-state index contributed by atoms with van der Waals surface area (Å²) in [5.74, 6) is -0.0955. The van der Waals surface area contributed by atoms with Crippen molar-refractivity contribution < 1.29 is 5.21 Å². The predicted molar refractivity (Wildman–Crippen MR) is 56.2 cm³/mol. The highest BCUT2D eigenvalue weighted by Gasteiger charge is 2.15. The number of aryl methyl sites for hydroxylation is 1. The Morgan fingerprint density at radius 3 is 2.50 bits per heavy atom. The van der Waals surface area contributed by atoms with Crippen molar-refractivity contribution in [1.82, 2.24) is 4.98 Å². The fourth-order valence-corrected chi connectivity index (χ4v) is 1.64. The van der Waals surface area contributed by atoms with Crippen LogP contribution < -0.4 is 5.73 Å². The van der Waals surface area contributed by atoms with E-state index in [1.807, 2.05) is 0 Å². The molecule has 76 valence electrons. The van der Waals surface area contributed by atoms with Crippen LogP contribution in [0.4, 0.5) is 0 Å². The minimum atomic E-state index is -0.0955. The fraction of sp³-hybridized carbons (Fsp3) is 0.250. The number of oxime groups is 1. The van der Waals surface area contributed by atoms with Crippen LogP contribution in [-0.2, 0) is 0 Å². The lowest BCUT2D eigenvalue weighted by Gasteiger charge is -2.09. The number of halogens is 2. The summed E-state index contributed by atoms with van der Waals surface area (Å²) in [5, 5.41) is 12.0. The molecule has 1 aromatic rings. The van der Waals surface area contributed by atoms with Crippen LogP contribution in [0.25, 0.3) is 0 Å². The molecule has 0 amide bonds. The van der Waals surface area contributed by atoms with Gasteiger partial charge in [-0.05, 0) is 19.4 Å². The molecule has 4 nitrogen and oxygen atoms in total. The van der Waals surface area contributed by atoms with Crippen molar-refractivity contribution in [2.45, 2.75) is 13.8 Å². The topological polar surface area (TPSA) is 71.5 Å². The second-order valence-electron chi connectivity index (χ2n) is 2.79. The van der Waals surface area contributed by atoms with Crippen molar-refractivity contribution in [1.29, 1.82) is 0 Å². The molecule has 0 atom stereocenters. The quantitative estimate of drug-likeness (QED) is 0.257. The van der Waals surface area contributed by atoms with E-state index in [2.05, 4.69) is 10.1 Å². The SMILES string of the molecule is Cc1nc(Cl)c(/C(N)=N/O)c(C)c1Cl. The predicted octanol–water partition coefficient (Wildman–Crippen LogP) is 2.10. The summed E-state index contributed by atoms with van der Waals surface area (Å²) in [6.45, 7) is 3.47. The molecular formula is C8H9Cl2N3O. The molecule has 0 spiro atoms. The van der Waals surface area contributed by atoms with Gasteiger partial charge in [0.2, 0.25) is 0 Å². The maximum Gasteiger partial charge on any atom is 0.173 e. The van der Waals surface area contributed by atoms with Gasteiger partial charge in [0.1, 0.15) is 5.15 Å². The smallest absolute Gasteiger partial charge is 0.173 e. The van der Waals surface area contributed by atoms with Crippen LogP contribution in [0.1, 0.15) is 16.8 Å². The first-order valence-electron chi connectivity index (χ1n) is 3.79. The molecule has 3 N–H and O–H groups in total. The molecular weight excluding hydrogens is 225 g/mol. The van der Waals surface area contributed by atoms with Crippen molar-refractivity contribution in [3.63, 3.8) is 0 Å². The van der Waals surface area contributed by atoms with Gasteiger partial charge in [-0.3, -0.25) is 0 Å². The Morgan fingerprint density at radius 2 is 2.00 bits per heavy atom. The average Bonchev–Trinajstić information content (AvgIpc) is 2.14. The molecule has 0 aromatic carbocycles. The van der Waals surface area contributed by atoms with E-state index in [-0.39, 0.29) is 11.0 Å². The van der Waals surface area contributed by atoms with Gasteiger partial charge in [0.25, 0.3) is 0 Å². The summed E-state index contributed by atoms with van der Waals surface area (Å²) in [7, 11) is 0. The molecule has 0 saturated heterocycles. The monoisotopic (exact) mass is 233 g/mol. The minimum Gasteiger partial charge on any atom is -0.409 e. The van der Waals surface area contributed by atoms with E-state index in [1.165, 1.54) is 0 Å². The van der Waals surface area contributed by atoms with Gasteiger partial charge in [0, 0.05) is 0 Å². The number of amidine groups is 1. The Bertz CT molecular complexity index is 404. The molecule has 0 aliphatic heterocycles. The highest BCUT2D eigenvalue weighted by molar-refractivity contribution is 6.36. The Kier molecular flexibility index (Phi) is 3.18. The molecule has 0 aliphatic rings. The maximum atomic E-state index is 8.53. The Labute approximate surface area is 91.3 Å². The Balaban J connectivity index is 3.52. The third-order valence-corrected chi connectivity index (χ3v) is 2.69. The van der Waals surface area contributed by atoms with Crippen LogP contribution in [0, 0.1) is 13.8 Å². The van der Waals surface area contributed by atoms with E-state index in [9.17, 15) is 0 Å².